The molecule has 3 rings (SSSR count). The van der Waals surface area contributed by atoms with E-state index in [2.05, 4.69) is 6.07 Å². The monoisotopic (exact) mass is 354 g/mol. The van der Waals surface area contributed by atoms with Gasteiger partial charge in [0.2, 0.25) is 0 Å². The van der Waals surface area contributed by atoms with Crippen molar-refractivity contribution >= 4 is 11.6 Å². The van der Waals surface area contributed by atoms with Crippen LogP contribution < -0.4 is 9.64 Å². The molecule has 1 heterocycles. The smallest absolute Gasteiger partial charge is 0.256 e. The number of morpholine rings is 1. The first-order chi connectivity index (χ1) is 12.6. The van der Waals surface area contributed by atoms with Crippen LogP contribution in [0.4, 0.5) is 5.69 Å². The second-order valence-corrected chi connectivity index (χ2v) is 6.71. The van der Waals surface area contributed by atoms with Crippen LogP contribution in [0.1, 0.15) is 15.9 Å². The summed E-state index contributed by atoms with van der Waals surface area (Å²) in [7, 11) is 5.58. The number of carbonyl (C=O) groups is 1. The largest absolute Gasteiger partial charge is 0.497 e. The Bertz CT molecular complexity index is 760. The lowest BCUT2D eigenvalue weighted by molar-refractivity contribution is -0.0208. The zero-order valence-corrected chi connectivity index (χ0v) is 15.6. The molecule has 0 saturated carbocycles. The standard InChI is InChI=1S/C21H26N2O3/c1-22(2)20-10-5-4-9-19(20)21(24)23-11-12-26-18(15-23)14-16-7-6-8-17(13-16)25-3/h4-10,13,18H,11-12,14-15H2,1-3H3/t18-/m1/s1. The summed E-state index contributed by atoms with van der Waals surface area (Å²) in [5.74, 6) is 0.902. The molecule has 138 valence electrons. The maximum atomic E-state index is 13.0. The van der Waals surface area contributed by atoms with E-state index in [4.69, 9.17) is 9.47 Å². The molecule has 1 saturated heterocycles. The molecule has 0 bridgehead atoms. The molecule has 2 aromatic rings. The van der Waals surface area contributed by atoms with Crippen LogP contribution in [-0.2, 0) is 11.2 Å². The topological polar surface area (TPSA) is 42.0 Å². The number of anilines is 1. The van der Waals surface area contributed by atoms with Gasteiger partial charge in [-0.3, -0.25) is 4.79 Å². The average Bonchev–Trinajstić information content (AvgIpc) is 2.67. The summed E-state index contributed by atoms with van der Waals surface area (Å²) in [5.41, 5.74) is 2.82. The van der Waals surface area contributed by atoms with Gasteiger partial charge in [0.1, 0.15) is 5.75 Å². The predicted molar refractivity (Wildman–Crippen MR) is 103 cm³/mol. The number of hydrogen-bond acceptors (Lipinski definition) is 4. The van der Waals surface area contributed by atoms with Crippen LogP contribution in [0.15, 0.2) is 48.5 Å². The molecule has 26 heavy (non-hydrogen) atoms. The summed E-state index contributed by atoms with van der Waals surface area (Å²) in [6.45, 7) is 1.78. The van der Waals surface area contributed by atoms with Crippen LogP contribution in [0.2, 0.25) is 0 Å². The lowest BCUT2D eigenvalue weighted by Gasteiger charge is -2.34. The number of amides is 1. The number of methoxy groups -OCH3 is 1. The van der Waals surface area contributed by atoms with E-state index in [0.717, 1.165) is 29.0 Å². The molecule has 0 aliphatic carbocycles. The van der Waals surface area contributed by atoms with Gasteiger partial charge in [0, 0.05) is 39.3 Å². The lowest BCUT2D eigenvalue weighted by Crippen LogP contribution is -2.46. The van der Waals surface area contributed by atoms with Crippen LogP contribution in [0, 0.1) is 0 Å². The maximum Gasteiger partial charge on any atom is 0.256 e. The third-order valence-corrected chi connectivity index (χ3v) is 4.64. The van der Waals surface area contributed by atoms with Crippen molar-refractivity contribution in [2.24, 2.45) is 0 Å². The first-order valence-corrected chi connectivity index (χ1v) is 8.88. The summed E-state index contributed by atoms with van der Waals surface area (Å²) in [4.78, 5) is 16.9. The molecule has 0 aromatic heterocycles. The summed E-state index contributed by atoms with van der Waals surface area (Å²) in [6, 6.07) is 15.7. The molecule has 1 aliphatic heterocycles. The predicted octanol–water partition coefficient (Wildman–Crippen LogP) is 2.84. The van der Waals surface area contributed by atoms with Gasteiger partial charge in [-0.2, -0.15) is 0 Å². The first kappa shape index (κ1) is 18.3. The molecule has 1 atom stereocenters. The van der Waals surface area contributed by atoms with Crippen LogP contribution >= 0.6 is 0 Å². The highest BCUT2D eigenvalue weighted by Gasteiger charge is 2.26. The minimum atomic E-state index is -0.00803. The summed E-state index contributed by atoms with van der Waals surface area (Å²) in [6.07, 6.45) is 0.752. The van der Waals surface area contributed by atoms with Crippen molar-refractivity contribution in [1.82, 2.24) is 4.90 Å². The summed E-state index contributed by atoms with van der Waals surface area (Å²) in [5, 5.41) is 0. The quantitative estimate of drug-likeness (QED) is 0.828. The van der Waals surface area contributed by atoms with Gasteiger partial charge >= 0.3 is 0 Å². The average molecular weight is 354 g/mol. The molecule has 2 aromatic carbocycles. The number of ether oxygens (including phenoxy) is 2. The first-order valence-electron chi connectivity index (χ1n) is 8.88. The van der Waals surface area contributed by atoms with Crippen LogP contribution in [0.25, 0.3) is 0 Å². The second-order valence-electron chi connectivity index (χ2n) is 6.71. The highest BCUT2D eigenvalue weighted by molar-refractivity contribution is 5.99. The number of rotatable bonds is 5. The molecule has 1 aliphatic rings. The number of hydrogen-bond donors (Lipinski definition) is 0. The number of carbonyl (C=O) groups excluding carboxylic acids is 1. The third-order valence-electron chi connectivity index (χ3n) is 4.64. The van der Waals surface area contributed by atoms with Crippen LogP contribution in [0.3, 0.4) is 0 Å². The van der Waals surface area contributed by atoms with E-state index in [-0.39, 0.29) is 12.0 Å². The molecule has 5 heteroatoms. The van der Waals surface area contributed by atoms with Crippen LogP contribution in [-0.4, -0.2) is 57.8 Å². The lowest BCUT2D eigenvalue weighted by atomic mass is 10.1. The minimum Gasteiger partial charge on any atom is -0.497 e. The fourth-order valence-electron chi connectivity index (χ4n) is 3.30. The fourth-order valence-corrected chi connectivity index (χ4v) is 3.30. The Morgan fingerprint density at radius 1 is 1.23 bits per heavy atom. The SMILES string of the molecule is COc1cccc(C[C@@H]2CN(C(=O)c3ccccc3N(C)C)CCO2)c1. The van der Waals surface area contributed by atoms with Gasteiger partial charge in [-0.05, 0) is 29.8 Å². The van der Waals surface area contributed by atoms with E-state index >= 15 is 0 Å². The normalized spacial score (nSPS) is 17.0. The molecule has 0 radical (unpaired) electrons. The Morgan fingerprint density at radius 3 is 2.81 bits per heavy atom. The van der Waals surface area contributed by atoms with Gasteiger partial charge in [-0.1, -0.05) is 24.3 Å². The van der Waals surface area contributed by atoms with Gasteiger partial charge in [0.05, 0.1) is 25.4 Å². The van der Waals surface area contributed by atoms with Crippen molar-refractivity contribution in [2.45, 2.75) is 12.5 Å². The fraction of sp³-hybridized carbons (Fsp3) is 0.381. The van der Waals surface area contributed by atoms with E-state index in [1.54, 1.807) is 7.11 Å². The van der Waals surface area contributed by atoms with E-state index in [1.807, 2.05) is 66.4 Å². The molecule has 0 unspecified atom stereocenters. The number of para-hydroxylation sites is 1. The van der Waals surface area contributed by atoms with Crippen molar-refractivity contribution in [2.75, 3.05) is 45.8 Å². The number of nitrogens with zero attached hydrogens (tertiary/aromatic N) is 2. The van der Waals surface area contributed by atoms with E-state index < -0.39 is 0 Å². The second kappa shape index (κ2) is 8.23. The van der Waals surface area contributed by atoms with E-state index in [0.29, 0.717) is 19.7 Å². The molecular weight excluding hydrogens is 328 g/mol. The molecule has 1 fully saturated rings. The summed E-state index contributed by atoms with van der Waals surface area (Å²) >= 11 is 0. The van der Waals surface area contributed by atoms with Gasteiger partial charge in [-0.25, -0.2) is 0 Å². The van der Waals surface area contributed by atoms with Crippen molar-refractivity contribution in [3.8, 4) is 5.75 Å². The van der Waals surface area contributed by atoms with Gasteiger partial charge in [-0.15, -0.1) is 0 Å². The van der Waals surface area contributed by atoms with E-state index in [9.17, 15) is 4.79 Å². The van der Waals surface area contributed by atoms with Crippen molar-refractivity contribution < 1.29 is 14.3 Å². The minimum absolute atomic E-state index is 0.00803. The third kappa shape index (κ3) is 4.17. The van der Waals surface area contributed by atoms with Crippen LogP contribution in [0.5, 0.6) is 5.75 Å². The molecule has 5 nitrogen and oxygen atoms in total. The molecule has 0 N–H and O–H groups in total. The Hall–Kier alpha value is -2.53. The molecule has 0 spiro atoms. The Balaban J connectivity index is 1.71. The Labute approximate surface area is 155 Å². The molecular formula is C21H26N2O3. The van der Waals surface area contributed by atoms with Gasteiger partial charge in [0.15, 0.2) is 0 Å². The maximum absolute atomic E-state index is 13.0. The van der Waals surface area contributed by atoms with Crippen molar-refractivity contribution in [3.63, 3.8) is 0 Å². The van der Waals surface area contributed by atoms with Crippen molar-refractivity contribution in [3.05, 3.63) is 59.7 Å². The highest BCUT2D eigenvalue weighted by Crippen LogP contribution is 2.22. The zero-order valence-electron chi connectivity index (χ0n) is 15.6. The van der Waals surface area contributed by atoms with Crippen molar-refractivity contribution in [1.29, 1.82) is 0 Å². The van der Waals surface area contributed by atoms with Gasteiger partial charge < -0.3 is 19.3 Å². The Kier molecular flexibility index (Phi) is 5.78. The number of benzene rings is 2. The van der Waals surface area contributed by atoms with E-state index in [1.165, 1.54) is 0 Å². The van der Waals surface area contributed by atoms with Gasteiger partial charge in [0.25, 0.3) is 5.91 Å². The molecule has 1 amide bonds. The Morgan fingerprint density at radius 2 is 2.04 bits per heavy atom. The summed E-state index contributed by atoms with van der Waals surface area (Å²) < 4.78 is 11.2. The highest BCUT2D eigenvalue weighted by atomic mass is 16.5. The zero-order chi connectivity index (χ0) is 18.5.